The monoisotopic (exact) mass is 342 g/mol. The molecular formula is C18H22N4O3. The third-order valence-electron chi connectivity index (χ3n) is 4.79. The minimum Gasteiger partial charge on any atom is -0.454 e. The van der Waals surface area contributed by atoms with E-state index in [2.05, 4.69) is 9.88 Å². The highest BCUT2D eigenvalue weighted by molar-refractivity contribution is 5.83. The minimum atomic E-state index is -0.194. The van der Waals surface area contributed by atoms with Crippen molar-refractivity contribution in [2.45, 2.75) is 19.0 Å². The average molecular weight is 342 g/mol. The highest BCUT2D eigenvalue weighted by Crippen LogP contribution is 2.34. The quantitative estimate of drug-likeness (QED) is 0.842. The molecule has 1 aromatic carbocycles. The largest absolute Gasteiger partial charge is 0.454 e. The minimum absolute atomic E-state index is 0.111. The van der Waals surface area contributed by atoms with Crippen LogP contribution in [-0.4, -0.2) is 52.7 Å². The Morgan fingerprint density at radius 1 is 1.32 bits per heavy atom. The molecule has 0 bridgehead atoms. The first-order valence-electron chi connectivity index (χ1n) is 8.35. The van der Waals surface area contributed by atoms with Crippen molar-refractivity contribution < 1.29 is 14.3 Å². The van der Waals surface area contributed by atoms with Crippen molar-refractivity contribution in [2.75, 3.05) is 27.4 Å². The van der Waals surface area contributed by atoms with Crippen LogP contribution in [0.2, 0.25) is 0 Å². The first-order chi connectivity index (χ1) is 12.0. The van der Waals surface area contributed by atoms with Gasteiger partial charge in [0.2, 0.25) is 12.7 Å². The van der Waals surface area contributed by atoms with Gasteiger partial charge in [0.1, 0.15) is 0 Å². The van der Waals surface area contributed by atoms with E-state index in [0.717, 1.165) is 41.5 Å². The van der Waals surface area contributed by atoms with Crippen LogP contribution in [0.4, 0.5) is 0 Å². The summed E-state index contributed by atoms with van der Waals surface area (Å²) in [7, 11) is 5.56. The van der Waals surface area contributed by atoms with Gasteiger partial charge in [-0.3, -0.25) is 9.69 Å². The topological polar surface area (TPSA) is 59.8 Å². The molecule has 2 aliphatic rings. The van der Waals surface area contributed by atoms with Crippen LogP contribution in [0.15, 0.2) is 24.5 Å². The number of aryl methyl sites for hydroxylation is 1. The van der Waals surface area contributed by atoms with E-state index >= 15 is 0 Å². The fraction of sp³-hybridized carbons (Fsp3) is 0.444. The molecule has 1 atom stereocenters. The Labute approximate surface area is 146 Å². The maximum Gasteiger partial charge on any atom is 0.232 e. The molecule has 0 radical (unpaired) electrons. The molecule has 0 unspecified atom stereocenters. The lowest BCUT2D eigenvalue weighted by Crippen LogP contribution is -2.41. The highest BCUT2D eigenvalue weighted by Gasteiger charge is 2.34. The summed E-state index contributed by atoms with van der Waals surface area (Å²) >= 11 is 0. The number of hydrogen-bond donors (Lipinski definition) is 0. The van der Waals surface area contributed by atoms with Crippen molar-refractivity contribution in [2.24, 2.45) is 7.05 Å². The normalized spacial score (nSPS) is 18.9. The van der Waals surface area contributed by atoms with E-state index in [9.17, 15) is 4.79 Å². The zero-order valence-electron chi connectivity index (χ0n) is 14.7. The van der Waals surface area contributed by atoms with Crippen molar-refractivity contribution >= 4 is 5.91 Å². The second-order valence-corrected chi connectivity index (χ2v) is 6.83. The Morgan fingerprint density at radius 3 is 2.92 bits per heavy atom. The van der Waals surface area contributed by atoms with Crippen molar-refractivity contribution in [3.63, 3.8) is 0 Å². The Bertz CT molecular complexity index is 815. The van der Waals surface area contributed by atoms with Crippen LogP contribution in [0.5, 0.6) is 11.5 Å². The maximum absolute atomic E-state index is 12.7. The number of nitrogens with zero attached hydrogens (tertiary/aromatic N) is 4. The van der Waals surface area contributed by atoms with Crippen LogP contribution in [-0.2, 0) is 24.9 Å². The molecule has 4 rings (SSSR count). The molecule has 7 heteroatoms. The predicted octanol–water partition coefficient (Wildman–Crippen LogP) is 1.34. The number of amides is 1. The van der Waals surface area contributed by atoms with Crippen LogP contribution in [0.3, 0.4) is 0 Å². The van der Waals surface area contributed by atoms with E-state index in [1.807, 2.05) is 29.8 Å². The molecule has 132 valence electrons. The summed E-state index contributed by atoms with van der Waals surface area (Å²) in [6.07, 6.45) is 1.80. The van der Waals surface area contributed by atoms with Crippen LogP contribution < -0.4 is 9.47 Å². The fourth-order valence-corrected chi connectivity index (χ4v) is 3.60. The standard InChI is InChI=1S/C18H22N4O3/c1-20(2)18(23)13-8-22(9-14-17(13)21(3)10-19-14)7-12-4-5-15-16(6-12)25-11-24-15/h4-6,10,13H,7-9,11H2,1-3H3/t13-/m1/s1. The Balaban J connectivity index is 1.58. The molecule has 0 N–H and O–H groups in total. The first-order valence-corrected chi connectivity index (χ1v) is 8.35. The maximum atomic E-state index is 12.7. The molecular weight excluding hydrogens is 320 g/mol. The van der Waals surface area contributed by atoms with Crippen LogP contribution in [0.1, 0.15) is 22.9 Å². The molecule has 1 amide bonds. The van der Waals surface area contributed by atoms with Gasteiger partial charge in [-0.15, -0.1) is 0 Å². The molecule has 0 spiro atoms. The predicted molar refractivity (Wildman–Crippen MR) is 91.3 cm³/mol. The molecule has 25 heavy (non-hydrogen) atoms. The van der Waals surface area contributed by atoms with Gasteiger partial charge in [0.05, 0.1) is 23.6 Å². The molecule has 1 aromatic heterocycles. The van der Waals surface area contributed by atoms with Gasteiger partial charge >= 0.3 is 0 Å². The molecule has 7 nitrogen and oxygen atoms in total. The summed E-state index contributed by atoms with van der Waals surface area (Å²) in [5.41, 5.74) is 3.15. The van der Waals surface area contributed by atoms with E-state index in [-0.39, 0.29) is 18.6 Å². The second-order valence-electron chi connectivity index (χ2n) is 6.83. The number of aromatic nitrogens is 2. The Kier molecular flexibility index (Phi) is 3.88. The molecule has 2 aliphatic heterocycles. The third-order valence-corrected chi connectivity index (χ3v) is 4.79. The summed E-state index contributed by atoms with van der Waals surface area (Å²) in [5.74, 6) is 1.49. The van der Waals surface area contributed by atoms with Crippen LogP contribution >= 0.6 is 0 Å². The number of imidazole rings is 1. The third kappa shape index (κ3) is 2.84. The number of likely N-dealkylation sites (N-methyl/N-ethyl adjacent to an activating group) is 1. The van der Waals surface area contributed by atoms with Gasteiger partial charge < -0.3 is 18.9 Å². The molecule has 0 aliphatic carbocycles. The van der Waals surface area contributed by atoms with E-state index < -0.39 is 0 Å². The number of carbonyl (C=O) groups is 1. The Morgan fingerprint density at radius 2 is 2.12 bits per heavy atom. The molecule has 2 aromatic rings. The lowest BCUT2D eigenvalue weighted by Gasteiger charge is -2.33. The van der Waals surface area contributed by atoms with Gasteiger partial charge in [-0.05, 0) is 17.7 Å². The van der Waals surface area contributed by atoms with E-state index in [0.29, 0.717) is 6.54 Å². The molecule has 3 heterocycles. The number of hydrogen-bond acceptors (Lipinski definition) is 5. The van der Waals surface area contributed by atoms with Gasteiger partial charge in [0.25, 0.3) is 0 Å². The number of carbonyl (C=O) groups excluding carboxylic acids is 1. The second kappa shape index (κ2) is 6.07. The Hall–Kier alpha value is -2.54. The zero-order chi connectivity index (χ0) is 17.6. The van der Waals surface area contributed by atoms with Gasteiger partial charge in [-0.2, -0.15) is 0 Å². The first kappa shape index (κ1) is 16.0. The lowest BCUT2D eigenvalue weighted by molar-refractivity contribution is -0.131. The van der Waals surface area contributed by atoms with Crippen molar-refractivity contribution in [3.05, 3.63) is 41.5 Å². The zero-order valence-corrected chi connectivity index (χ0v) is 14.7. The highest BCUT2D eigenvalue weighted by atomic mass is 16.7. The fourth-order valence-electron chi connectivity index (χ4n) is 3.60. The van der Waals surface area contributed by atoms with E-state index in [4.69, 9.17) is 9.47 Å². The summed E-state index contributed by atoms with van der Waals surface area (Å²) in [6.45, 7) is 2.43. The number of rotatable bonds is 3. The molecule has 0 saturated carbocycles. The SMILES string of the molecule is CN(C)C(=O)[C@@H]1CN(Cc2ccc3c(c2)OCO3)Cc2ncn(C)c21. The van der Waals surface area contributed by atoms with Crippen LogP contribution in [0, 0.1) is 0 Å². The van der Waals surface area contributed by atoms with Crippen LogP contribution in [0.25, 0.3) is 0 Å². The smallest absolute Gasteiger partial charge is 0.232 e. The van der Waals surface area contributed by atoms with Crippen molar-refractivity contribution in [1.82, 2.24) is 19.4 Å². The molecule has 0 fully saturated rings. The number of benzene rings is 1. The lowest BCUT2D eigenvalue weighted by atomic mass is 9.96. The average Bonchev–Trinajstić information content (AvgIpc) is 3.20. The van der Waals surface area contributed by atoms with E-state index in [1.54, 1.807) is 25.3 Å². The van der Waals surface area contributed by atoms with Crippen molar-refractivity contribution in [3.8, 4) is 11.5 Å². The van der Waals surface area contributed by atoms with Gasteiger partial charge in [0, 0.05) is 40.8 Å². The number of ether oxygens (including phenoxy) is 2. The summed E-state index contributed by atoms with van der Waals surface area (Å²) < 4.78 is 12.8. The number of fused-ring (bicyclic) bond motifs is 2. The van der Waals surface area contributed by atoms with Gasteiger partial charge in [-0.25, -0.2) is 4.98 Å². The van der Waals surface area contributed by atoms with Gasteiger partial charge in [-0.1, -0.05) is 6.07 Å². The summed E-state index contributed by atoms with van der Waals surface area (Å²) in [5, 5.41) is 0. The van der Waals surface area contributed by atoms with E-state index in [1.165, 1.54) is 0 Å². The summed E-state index contributed by atoms with van der Waals surface area (Å²) in [4.78, 5) is 21.1. The summed E-state index contributed by atoms with van der Waals surface area (Å²) in [6, 6.07) is 6.00. The van der Waals surface area contributed by atoms with Gasteiger partial charge in [0.15, 0.2) is 11.5 Å². The molecule has 0 saturated heterocycles. The van der Waals surface area contributed by atoms with Crippen molar-refractivity contribution in [1.29, 1.82) is 0 Å².